The SMILES string of the molecule is CC(=O)O.O=Nc1ccc(O)[c]([Hg])c1. The Morgan fingerprint density at radius 3 is 2.36 bits per heavy atom. The summed E-state index contributed by atoms with van der Waals surface area (Å²) in [5.74, 6) is -0.560. The van der Waals surface area contributed by atoms with Crippen molar-refractivity contribution in [3.05, 3.63) is 23.1 Å². The van der Waals surface area contributed by atoms with E-state index in [2.05, 4.69) is 5.18 Å². The van der Waals surface area contributed by atoms with E-state index in [1.54, 1.807) is 6.07 Å². The molecule has 0 heterocycles. The number of phenols is 1. The van der Waals surface area contributed by atoms with Gasteiger partial charge in [-0.3, -0.25) is 4.79 Å². The maximum atomic E-state index is 9.96. The number of phenolic OH excluding ortho intramolecular Hbond substituents is 1. The number of benzene rings is 1. The van der Waals surface area contributed by atoms with E-state index in [0.29, 0.717) is 31.8 Å². The quantitative estimate of drug-likeness (QED) is 0.561. The van der Waals surface area contributed by atoms with Gasteiger partial charge < -0.3 is 5.11 Å². The van der Waals surface area contributed by atoms with Crippen LogP contribution >= 0.6 is 0 Å². The second-order valence-electron chi connectivity index (χ2n) is 2.42. The molecule has 0 aliphatic heterocycles. The summed E-state index contributed by atoms with van der Waals surface area (Å²) in [7, 11) is 0. The first-order chi connectivity index (χ1) is 6.47. The van der Waals surface area contributed by atoms with Crippen LogP contribution in [0.15, 0.2) is 23.4 Å². The van der Waals surface area contributed by atoms with Gasteiger partial charge >= 0.3 is 74.0 Å². The molecule has 0 unspecified atom stereocenters. The van der Waals surface area contributed by atoms with Gasteiger partial charge in [-0.2, -0.15) is 0 Å². The molecule has 1 aromatic rings. The molecule has 0 spiro atoms. The van der Waals surface area contributed by atoms with Crippen molar-refractivity contribution in [1.29, 1.82) is 0 Å². The van der Waals surface area contributed by atoms with Crippen LogP contribution in [-0.2, 0) is 30.9 Å². The summed E-state index contributed by atoms with van der Waals surface area (Å²) in [6.45, 7) is 1.08. The third kappa shape index (κ3) is 5.63. The molecule has 0 aliphatic carbocycles. The molecule has 2 N–H and O–H groups in total. The van der Waals surface area contributed by atoms with Crippen molar-refractivity contribution in [2.75, 3.05) is 0 Å². The first-order valence-corrected chi connectivity index (χ1v) is 6.40. The number of nitrogens with zero attached hydrogens (tertiary/aromatic N) is 1. The normalized spacial score (nSPS) is 8.50. The Bertz CT molecular complexity index is 336. The molecule has 6 heteroatoms. The molecular weight excluding hydrogens is 375 g/mol. The van der Waals surface area contributed by atoms with Crippen LogP contribution in [-0.4, -0.2) is 16.2 Å². The van der Waals surface area contributed by atoms with E-state index in [1.807, 2.05) is 0 Å². The van der Waals surface area contributed by atoms with Gasteiger partial charge in [-0.15, -0.1) is 0 Å². The molecule has 5 nitrogen and oxygen atoms in total. The number of aliphatic carboxylic acids is 1. The van der Waals surface area contributed by atoms with Crippen molar-refractivity contribution in [1.82, 2.24) is 0 Å². The zero-order chi connectivity index (χ0) is 11.1. The molecule has 0 bridgehead atoms. The number of aromatic hydroxyl groups is 1. The minimum atomic E-state index is -0.833. The van der Waals surface area contributed by atoms with E-state index in [9.17, 15) is 4.91 Å². The van der Waals surface area contributed by atoms with Crippen LogP contribution in [0.2, 0.25) is 0 Å². The van der Waals surface area contributed by atoms with Crippen LogP contribution < -0.4 is 3.07 Å². The van der Waals surface area contributed by atoms with E-state index in [-0.39, 0.29) is 5.75 Å². The molecule has 0 saturated heterocycles. The first-order valence-electron chi connectivity index (χ1n) is 3.65. The summed E-state index contributed by atoms with van der Waals surface area (Å²) >= 11 is 0.338. The summed E-state index contributed by atoms with van der Waals surface area (Å²) < 4.78 is 0.858. The standard InChI is InChI=1S/C6H4NO2.C2H4O2.Hg/c8-6-3-1-5(7-9)2-4-6;1-2(3)4;/h1-3,8H;1H3,(H,3,4);. The van der Waals surface area contributed by atoms with Crippen LogP contribution in [0.4, 0.5) is 5.69 Å². The molecule has 0 aliphatic rings. The number of hydrogen-bond donors (Lipinski definition) is 2. The van der Waals surface area contributed by atoms with Gasteiger partial charge in [0.25, 0.3) is 5.97 Å². The van der Waals surface area contributed by atoms with Gasteiger partial charge in [0.1, 0.15) is 0 Å². The van der Waals surface area contributed by atoms with Crippen molar-refractivity contribution in [3.8, 4) is 5.75 Å². The summed E-state index contributed by atoms with van der Waals surface area (Å²) in [6.07, 6.45) is 0. The van der Waals surface area contributed by atoms with Gasteiger partial charge in [0.05, 0.1) is 0 Å². The molecule has 0 atom stereocenters. The molecule has 71 valence electrons. The second kappa shape index (κ2) is 6.47. The van der Waals surface area contributed by atoms with Crippen molar-refractivity contribution < 1.29 is 41.1 Å². The van der Waals surface area contributed by atoms with Gasteiger partial charge in [-0.05, 0) is 0 Å². The summed E-state index contributed by atoms with van der Waals surface area (Å²) in [5, 5.41) is 19.2. The Hall–Kier alpha value is -0.975. The molecule has 0 amide bonds. The molecule has 0 fully saturated rings. The number of rotatable bonds is 1. The molecule has 0 saturated carbocycles. The zero-order valence-electron chi connectivity index (χ0n) is 7.60. The van der Waals surface area contributed by atoms with Crippen LogP contribution in [0.3, 0.4) is 0 Å². The van der Waals surface area contributed by atoms with Crippen LogP contribution in [0.25, 0.3) is 0 Å². The van der Waals surface area contributed by atoms with E-state index >= 15 is 0 Å². The Labute approximate surface area is 96.7 Å². The Morgan fingerprint density at radius 1 is 1.50 bits per heavy atom. The molecular formula is C8H8HgNO4. The maximum absolute atomic E-state index is 9.96. The third-order valence-corrected chi connectivity index (χ3v) is 3.37. The molecule has 0 radical (unpaired) electrons. The fraction of sp³-hybridized carbons (Fsp3) is 0.125. The first kappa shape index (κ1) is 13.0. The topological polar surface area (TPSA) is 87.0 Å². The van der Waals surface area contributed by atoms with E-state index in [0.717, 1.165) is 10.00 Å². The van der Waals surface area contributed by atoms with Gasteiger partial charge in [0, 0.05) is 6.92 Å². The van der Waals surface area contributed by atoms with Gasteiger partial charge in [0.2, 0.25) is 0 Å². The number of carbonyl (C=O) groups is 1. The summed E-state index contributed by atoms with van der Waals surface area (Å²) in [6, 6.07) is 4.61. The molecule has 1 aromatic carbocycles. The fourth-order valence-corrected chi connectivity index (χ4v) is 1.90. The van der Waals surface area contributed by atoms with E-state index in [1.165, 1.54) is 12.1 Å². The van der Waals surface area contributed by atoms with Crippen LogP contribution in [0, 0.1) is 4.91 Å². The second-order valence-corrected chi connectivity index (χ2v) is 5.38. The van der Waals surface area contributed by atoms with Crippen molar-refractivity contribution in [2.24, 2.45) is 5.18 Å². The molecule has 0 aromatic heterocycles. The fourth-order valence-electron chi connectivity index (χ4n) is 0.629. The van der Waals surface area contributed by atoms with Crippen molar-refractivity contribution >= 4 is 14.7 Å². The van der Waals surface area contributed by atoms with E-state index < -0.39 is 5.97 Å². The zero-order valence-corrected chi connectivity index (χ0v) is 13.1. The predicted octanol–water partition coefficient (Wildman–Crippen LogP) is 1.05. The molecule has 1 rings (SSSR count). The van der Waals surface area contributed by atoms with Crippen molar-refractivity contribution in [3.63, 3.8) is 0 Å². The number of carboxylic acids is 1. The van der Waals surface area contributed by atoms with E-state index in [4.69, 9.17) is 15.0 Å². The summed E-state index contributed by atoms with van der Waals surface area (Å²) in [4.78, 5) is 19.0. The van der Waals surface area contributed by atoms with Crippen LogP contribution in [0.5, 0.6) is 5.75 Å². The Balaban J connectivity index is 0.000000364. The number of carboxylic acid groups (broad SMARTS) is 1. The van der Waals surface area contributed by atoms with Gasteiger partial charge in [-0.25, -0.2) is 0 Å². The van der Waals surface area contributed by atoms with Gasteiger partial charge in [0.15, 0.2) is 0 Å². The monoisotopic (exact) mass is 384 g/mol. The van der Waals surface area contributed by atoms with Crippen LogP contribution in [0.1, 0.15) is 6.92 Å². The Morgan fingerprint density at radius 2 is 2.00 bits per heavy atom. The van der Waals surface area contributed by atoms with Crippen molar-refractivity contribution in [2.45, 2.75) is 6.92 Å². The summed E-state index contributed by atoms with van der Waals surface area (Å²) in [5.41, 5.74) is 0.391. The molecule has 14 heavy (non-hydrogen) atoms. The van der Waals surface area contributed by atoms with Gasteiger partial charge in [-0.1, -0.05) is 0 Å². The Kier molecular flexibility index (Phi) is 6.02. The average Bonchev–Trinajstić information content (AvgIpc) is 2.09. The third-order valence-electron chi connectivity index (χ3n) is 1.17. The number of nitroso groups, excluding NO2 is 1. The predicted molar refractivity (Wildman–Crippen MR) is 46.5 cm³/mol. The average molecular weight is 383 g/mol. The number of hydrogen-bond acceptors (Lipinski definition) is 4. The minimum absolute atomic E-state index is 0.274.